The Balaban J connectivity index is 1.76. The summed E-state index contributed by atoms with van der Waals surface area (Å²) in [5.74, 6) is 0.953. The molecule has 1 aliphatic carbocycles. The highest BCUT2D eigenvalue weighted by atomic mass is 79.9. The number of rotatable bonds is 6. The molecular weight excluding hydrogens is 432 g/mol. The van der Waals surface area contributed by atoms with Gasteiger partial charge >= 0.3 is 0 Å². The van der Waals surface area contributed by atoms with Crippen molar-refractivity contribution in [3.63, 3.8) is 0 Å². The molecule has 1 aromatic carbocycles. The van der Waals surface area contributed by atoms with E-state index >= 15 is 0 Å². The molecule has 0 saturated heterocycles. The highest BCUT2D eigenvalue weighted by Gasteiger charge is 2.32. The number of benzene rings is 1. The van der Waals surface area contributed by atoms with Crippen LogP contribution in [0.25, 0.3) is 0 Å². The SMILES string of the molecule is CCC(C)(C)C1CCc2nc(SCC(=O)c3ccc(Br)cc3)c(C#N)cc2C1. The van der Waals surface area contributed by atoms with Crippen LogP contribution in [0, 0.1) is 22.7 Å². The van der Waals surface area contributed by atoms with E-state index < -0.39 is 0 Å². The molecular formula is C23H25BrN2OS. The number of hydrogen-bond donors (Lipinski definition) is 0. The molecule has 0 bridgehead atoms. The quantitative estimate of drug-likeness (QED) is 0.381. The standard InChI is InChI=1S/C23H25BrN2OS/c1-4-23(2,3)18-7-10-20-16(12-18)11-17(13-25)22(26-20)28-14-21(27)15-5-8-19(24)9-6-15/h5-6,8-9,11,18H,4,7,10,12,14H2,1-3H3. The van der Waals surface area contributed by atoms with Gasteiger partial charge in [0, 0.05) is 15.7 Å². The van der Waals surface area contributed by atoms with E-state index in [0.29, 0.717) is 27.5 Å². The first-order valence-corrected chi connectivity index (χ1v) is 11.5. The van der Waals surface area contributed by atoms with Crippen LogP contribution in [0.15, 0.2) is 39.8 Å². The van der Waals surface area contributed by atoms with Crippen molar-refractivity contribution in [2.75, 3.05) is 5.75 Å². The minimum Gasteiger partial charge on any atom is -0.293 e. The van der Waals surface area contributed by atoms with Gasteiger partial charge in [-0.2, -0.15) is 5.26 Å². The Bertz CT molecular complexity index is 915. The van der Waals surface area contributed by atoms with Crippen LogP contribution >= 0.6 is 27.7 Å². The Morgan fingerprint density at radius 1 is 1.36 bits per heavy atom. The molecule has 0 aliphatic heterocycles. The molecule has 3 nitrogen and oxygen atoms in total. The fourth-order valence-corrected chi connectivity index (χ4v) is 4.78. The van der Waals surface area contributed by atoms with Gasteiger partial charge in [0.15, 0.2) is 5.78 Å². The molecule has 2 aromatic rings. The summed E-state index contributed by atoms with van der Waals surface area (Å²) in [6, 6.07) is 11.6. The van der Waals surface area contributed by atoms with Crippen LogP contribution in [-0.4, -0.2) is 16.5 Å². The zero-order chi connectivity index (χ0) is 20.3. The van der Waals surface area contributed by atoms with Crippen molar-refractivity contribution in [2.24, 2.45) is 11.3 Å². The maximum Gasteiger partial charge on any atom is 0.173 e. The van der Waals surface area contributed by atoms with E-state index in [4.69, 9.17) is 4.98 Å². The fourth-order valence-electron chi connectivity index (χ4n) is 3.64. The van der Waals surface area contributed by atoms with Crippen molar-refractivity contribution in [3.8, 4) is 6.07 Å². The Hall–Kier alpha value is -1.64. The number of carbonyl (C=O) groups is 1. The summed E-state index contributed by atoms with van der Waals surface area (Å²) >= 11 is 4.75. The number of hydrogen-bond acceptors (Lipinski definition) is 4. The maximum atomic E-state index is 12.5. The third-order valence-corrected chi connectivity index (χ3v) is 7.51. The van der Waals surface area contributed by atoms with Gasteiger partial charge < -0.3 is 0 Å². The maximum absolute atomic E-state index is 12.5. The Kier molecular flexibility index (Phi) is 6.62. The number of halogens is 1. The Labute approximate surface area is 180 Å². The average Bonchev–Trinajstić information content (AvgIpc) is 2.71. The van der Waals surface area contributed by atoms with E-state index in [1.807, 2.05) is 30.3 Å². The van der Waals surface area contributed by atoms with Gasteiger partial charge in [-0.1, -0.05) is 67.0 Å². The van der Waals surface area contributed by atoms with Crippen LogP contribution < -0.4 is 0 Å². The van der Waals surface area contributed by atoms with Crippen molar-refractivity contribution >= 4 is 33.5 Å². The summed E-state index contributed by atoms with van der Waals surface area (Å²) in [7, 11) is 0. The molecule has 1 heterocycles. The first-order valence-electron chi connectivity index (χ1n) is 9.68. The molecule has 0 N–H and O–H groups in total. The molecule has 0 amide bonds. The second-order valence-electron chi connectivity index (χ2n) is 8.06. The molecule has 1 unspecified atom stereocenters. The molecule has 5 heteroatoms. The normalized spacial score (nSPS) is 16.3. The highest BCUT2D eigenvalue weighted by Crippen LogP contribution is 2.40. The molecule has 1 aliphatic rings. The van der Waals surface area contributed by atoms with E-state index in [9.17, 15) is 10.1 Å². The van der Waals surface area contributed by atoms with Crippen LogP contribution in [-0.2, 0) is 12.8 Å². The van der Waals surface area contributed by atoms with Crippen molar-refractivity contribution in [3.05, 3.63) is 57.2 Å². The van der Waals surface area contributed by atoms with Gasteiger partial charge in [-0.25, -0.2) is 4.98 Å². The van der Waals surface area contributed by atoms with E-state index in [2.05, 4.69) is 42.8 Å². The first-order chi connectivity index (χ1) is 13.3. The monoisotopic (exact) mass is 456 g/mol. The summed E-state index contributed by atoms with van der Waals surface area (Å²) < 4.78 is 0.948. The lowest BCUT2D eigenvalue weighted by atomic mass is 9.69. The van der Waals surface area contributed by atoms with Crippen LogP contribution in [0.2, 0.25) is 0 Å². The molecule has 28 heavy (non-hydrogen) atoms. The van der Waals surface area contributed by atoms with E-state index in [-0.39, 0.29) is 11.5 Å². The predicted octanol–water partition coefficient (Wildman–Crippen LogP) is 6.23. The smallest absolute Gasteiger partial charge is 0.173 e. The second kappa shape index (κ2) is 8.80. The molecule has 3 rings (SSSR count). The summed E-state index contributed by atoms with van der Waals surface area (Å²) in [5, 5.41) is 10.3. The predicted molar refractivity (Wildman–Crippen MR) is 118 cm³/mol. The summed E-state index contributed by atoms with van der Waals surface area (Å²) in [4.78, 5) is 17.2. The number of Topliss-reactive ketones (excluding diaryl/α,β-unsaturated/α-hetero) is 1. The van der Waals surface area contributed by atoms with E-state index in [1.54, 1.807) is 0 Å². The molecule has 1 aromatic heterocycles. The zero-order valence-corrected chi connectivity index (χ0v) is 19.0. The van der Waals surface area contributed by atoms with Crippen molar-refractivity contribution < 1.29 is 4.79 Å². The van der Waals surface area contributed by atoms with Crippen LogP contribution in [0.1, 0.15) is 60.8 Å². The number of nitriles is 1. The lowest BCUT2D eigenvalue weighted by molar-refractivity contribution is 0.102. The van der Waals surface area contributed by atoms with Gasteiger partial charge in [-0.3, -0.25) is 4.79 Å². The molecule has 0 radical (unpaired) electrons. The molecule has 0 spiro atoms. The lowest BCUT2D eigenvalue weighted by Crippen LogP contribution is -2.29. The lowest BCUT2D eigenvalue weighted by Gasteiger charge is -2.37. The summed E-state index contributed by atoms with van der Waals surface area (Å²) in [5.41, 5.74) is 3.87. The molecule has 146 valence electrons. The topological polar surface area (TPSA) is 53.8 Å². The number of fused-ring (bicyclic) bond motifs is 1. The Morgan fingerprint density at radius 2 is 2.07 bits per heavy atom. The number of ketones is 1. The van der Waals surface area contributed by atoms with Crippen molar-refractivity contribution in [1.82, 2.24) is 4.98 Å². The van der Waals surface area contributed by atoms with Gasteiger partial charge in [0.25, 0.3) is 0 Å². The largest absolute Gasteiger partial charge is 0.293 e. The van der Waals surface area contributed by atoms with Gasteiger partial charge in [0.05, 0.1) is 11.3 Å². The number of aryl methyl sites for hydroxylation is 1. The Morgan fingerprint density at radius 3 is 2.71 bits per heavy atom. The third kappa shape index (κ3) is 4.67. The van der Waals surface area contributed by atoms with Gasteiger partial charge in [0.1, 0.15) is 11.1 Å². The molecule has 1 atom stereocenters. The number of aromatic nitrogens is 1. The van der Waals surface area contributed by atoms with Crippen molar-refractivity contribution in [2.45, 2.75) is 51.5 Å². The minimum atomic E-state index is 0.0469. The number of nitrogens with zero attached hydrogens (tertiary/aromatic N) is 2. The minimum absolute atomic E-state index is 0.0469. The van der Waals surface area contributed by atoms with Gasteiger partial charge in [0.2, 0.25) is 0 Å². The summed E-state index contributed by atoms with van der Waals surface area (Å²) in [6.07, 6.45) is 4.22. The van der Waals surface area contributed by atoms with Crippen LogP contribution in [0.3, 0.4) is 0 Å². The van der Waals surface area contributed by atoms with E-state index in [0.717, 1.165) is 35.8 Å². The zero-order valence-electron chi connectivity index (χ0n) is 16.6. The average molecular weight is 457 g/mol. The number of thioether (sulfide) groups is 1. The van der Waals surface area contributed by atoms with Gasteiger partial charge in [-0.05, 0) is 54.4 Å². The van der Waals surface area contributed by atoms with Crippen LogP contribution in [0.4, 0.5) is 0 Å². The van der Waals surface area contributed by atoms with Crippen molar-refractivity contribution in [1.29, 1.82) is 5.26 Å². The molecule has 0 fully saturated rings. The number of pyridine rings is 1. The summed E-state index contributed by atoms with van der Waals surface area (Å²) in [6.45, 7) is 6.91. The molecule has 0 saturated carbocycles. The van der Waals surface area contributed by atoms with E-state index in [1.165, 1.54) is 17.3 Å². The number of carbonyl (C=O) groups excluding carboxylic acids is 1. The highest BCUT2D eigenvalue weighted by molar-refractivity contribution is 9.10. The third-order valence-electron chi connectivity index (χ3n) is 6.00. The van der Waals surface area contributed by atoms with Crippen LogP contribution in [0.5, 0.6) is 0 Å². The first kappa shape index (κ1) is 21.1. The van der Waals surface area contributed by atoms with Gasteiger partial charge in [-0.15, -0.1) is 0 Å². The fraction of sp³-hybridized carbons (Fsp3) is 0.435. The second-order valence-corrected chi connectivity index (χ2v) is 9.94.